The number of hydrogen-bond donors (Lipinski definition) is 3. The number of likely N-dealkylation sites (N-methyl/N-ethyl adjacent to an activating group) is 1. The molecule has 0 aliphatic rings. The Hall–Kier alpha value is -3.00. The van der Waals surface area contributed by atoms with E-state index in [-0.39, 0.29) is 18.0 Å². The number of carbonyl (C=O) groups excluding carboxylic acids is 2. The van der Waals surface area contributed by atoms with Crippen molar-refractivity contribution in [1.29, 1.82) is 0 Å². The van der Waals surface area contributed by atoms with E-state index in [0.717, 1.165) is 22.5 Å². The number of H-pyrrole nitrogens is 1. The predicted molar refractivity (Wildman–Crippen MR) is 131 cm³/mol. The van der Waals surface area contributed by atoms with Gasteiger partial charge in [-0.2, -0.15) is 0 Å². The molecule has 3 N–H and O–H groups in total. The van der Waals surface area contributed by atoms with E-state index in [0.29, 0.717) is 29.2 Å². The molecule has 180 valence electrons. The minimum atomic E-state index is -0.566. The molecule has 33 heavy (non-hydrogen) atoms. The van der Waals surface area contributed by atoms with Crippen LogP contribution in [-0.4, -0.2) is 42.7 Å². The summed E-state index contributed by atoms with van der Waals surface area (Å²) >= 11 is 6.30. The van der Waals surface area contributed by atoms with Gasteiger partial charge in [-0.05, 0) is 70.9 Å². The van der Waals surface area contributed by atoms with Crippen LogP contribution >= 0.6 is 11.6 Å². The van der Waals surface area contributed by atoms with Gasteiger partial charge in [-0.1, -0.05) is 11.6 Å². The average Bonchev–Trinajstić information content (AvgIpc) is 2.66. The van der Waals surface area contributed by atoms with Crippen molar-refractivity contribution in [3.8, 4) is 0 Å². The third kappa shape index (κ3) is 7.53. The van der Waals surface area contributed by atoms with Crippen LogP contribution in [0.3, 0.4) is 0 Å². The molecule has 9 heteroatoms. The van der Waals surface area contributed by atoms with Crippen LogP contribution < -0.4 is 21.1 Å². The van der Waals surface area contributed by atoms with Gasteiger partial charge in [0, 0.05) is 54.2 Å². The molecule has 1 aromatic heterocycles. The second-order valence-electron chi connectivity index (χ2n) is 9.07. The quantitative estimate of drug-likeness (QED) is 0.563. The number of carbonyl (C=O) groups is 2. The molecule has 2 amide bonds. The van der Waals surface area contributed by atoms with Crippen molar-refractivity contribution in [2.24, 2.45) is 0 Å². The zero-order chi connectivity index (χ0) is 24.9. The van der Waals surface area contributed by atoms with Crippen LogP contribution in [-0.2, 0) is 11.3 Å². The summed E-state index contributed by atoms with van der Waals surface area (Å²) in [4.78, 5) is 41.7. The lowest BCUT2D eigenvalue weighted by Gasteiger charge is -2.24. The zero-order valence-corrected chi connectivity index (χ0v) is 21.1. The van der Waals surface area contributed by atoms with Gasteiger partial charge in [0.05, 0.1) is 0 Å². The SMILES string of the molecule is Cc1cc(C)c(CNC(=O)c2cc(Cl)cc(N(C)CCNC(=O)OC(C)(C)C)c2C)c(=O)[nH]1. The molecule has 0 aliphatic carbocycles. The molecule has 0 bridgehead atoms. The van der Waals surface area contributed by atoms with Crippen LogP contribution in [0.15, 0.2) is 23.0 Å². The van der Waals surface area contributed by atoms with Crippen molar-refractivity contribution in [3.05, 3.63) is 61.5 Å². The normalized spacial score (nSPS) is 11.2. The van der Waals surface area contributed by atoms with Crippen LogP contribution in [0.1, 0.15) is 53.5 Å². The van der Waals surface area contributed by atoms with E-state index in [1.807, 2.05) is 38.8 Å². The van der Waals surface area contributed by atoms with Crippen molar-refractivity contribution in [2.75, 3.05) is 25.0 Å². The number of halogens is 1. The molecule has 2 rings (SSSR count). The number of pyridine rings is 1. The molecule has 0 spiro atoms. The molecule has 1 aromatic carbocycles. The maximum absolute atomic E-state index is 12.9. The number of hydrogen-bond acceptors (Lipinski definition) is 5. The molecule has 8 nitrogen and oxygen atoms in total. The lowest BCUT2D eigenvalue weighted by molar-refractivity contribution is 0.0529. The highest BCUT2D eigenvalue weighted by Gasteiger charge is 2.18. The number of alkyl carbamates (subject to hydrolysis) is 1. The first-order chi connectivity index (χ1) is 15.3. The molecule has 0 radical (unpaired) electrons. The zero-order valence-electron chi connectivity index (χ0n) is 20.3. The summed E-state index contributed by atoms with van der Waals surface area (Å²) < 4.78 is 5.24. The summed E-state index contributed by atoms with van der Waals surface area (Å²) in [5.74, 6) is -0.323. The summed E-state index contributed by atoms with van der Waals surface area (Å²) in [7, 11) is 1.85. The third-order valence-electron chi connectivity index (χ3n) is 5.04. The van der Waals surface area contributed by atoms with Crippen LogP contribution in [0.25, 0.3) is 0 Å². The van der Waals surface area contributed by atoms with Crippen LogP contribution in [0.2, 0.25) is 5.02 Å². The average molecular weight is 477 g/mol. The number of anilines is 1. The van der Waals surface area contributed by atoms with E-state index < -0.39 is 11.7 Å². The number of aromatic nitrogens is 1. The van der Waals surface area contributed by atoms with Gasteiger partial charge in [-0.25, -0.2) is 4.79 Å². The number of amides is 2. The molecular weight excluding hydrogens is 444 g/mol. The summed E-state index contributed by atoms with van der Waals surface area (Å²) in [6.45, 7) is 11.8. The third-order valence-corrected chi connectivity index (χ3v) is 5.25. The van der Waals surface area contributed by atoms with Crippen molar-refractivity contribution in [3.63, 3.8) is 0 Å². The van der Waals surface area contributed by atoms with E-state index in [2.05, 4.69) is 15.6 Å². The number of nitrogens with zero attached hydrogens (tertiary/aromatic N) is 1. The monoisotopic (exact) mass is 476 g/mol. The smallest absolute Gasteiger partial charge is 0.407 e. The van der Waals surface area contributed by atoms with Crippen LogP contribution in [0.5, 0.6) is 0 Å². The molecule has 0 fully saturated rings. The highest BCUT2D eigenvalue weighted by Crippen LogP contribution is 2.27. The lowest BCUT2D eigenvalue weighted by atomic mass is 10.0. The number of rotatable bonds is 7. The van der Waals surface area contributed by atoms with E-state index in [4.69, 9.17) is 16.3 Å². The van der Waals surface area contributed by atoms with Crippen molar-refractivity contribution in [1.82, 2.24) is 15.6 Å². The lowest BCUT2D eigenvalue weighted by Crippen LogP contribution is -2.37. The number of aromatic amines is 1. The second kappa shape index (κ2) is 10.7. The molecule has 0 atom stereocenters. The number of nitrogens with one attached hydrogen (secondary N) is 3. The van der Waals surface area contributed by atoms with Crippen LogP contribution in [0.4, 0.5) is 10.5 Å². The Morgan fingerprint density at radius 1 is 1.12 bits per heavy atom. The molecular formula is C24H33ClN4O4. The highest BCUT2D eigenvalue weighted by atomic mass is 35.5. The minimum Gasteiger partial charge on any atom is -0.444 e. The highest BCUT2D eigenvalue weighted by molar-refractivity contribution is 6.31. The maximum atomic E-state index is 12.9. The molecule has 0 saturated heterocycles. The van der Waals surface area contributed by atoms with E-state index in [1.54, 1.807) is 32.9 Å². The van der Waals surface area contributed by atoms with Gasteiger partial charge in [0.15, 0.2) is 0 Å². The molecule has 0 unspecified atom stereocenters. The minimum absolute atomic E-state index is 0.108. The van der Waals surface area contributed by atoms with Gasteiger partial charge in [0.2, 0.25) is 0 Å². The predicted octanol–water partition coefficient (Wildman–Crippen LogP) is 3.84. The Morgan fingerprint density at radius 2 is 1.79 bits per heavy atom. The first-order valence-corrected chi connectivity index (χ1v) is 11.1. The number of benzene rings is 1. The molecule has 2 aromatic rings. The Kier molecular flexibility index (Phi) is 8.55. The van der Waals surface area contributed by atoms with Gasteiger partial charge in [0.1, 0.15) is 5.60 Å². The van der Waals surface area contributed by atoms with E-state index >= 15 is 0 Å². The summed E-state index contributed by atoms with van der Waals surface area (Å²) in [5, 5.41) is 5.95. The van der Waals surface area contributed by atoms with E-state index in [9.17, 15) is 14.4 Å². The van der Waals surface area contributed by atoms with Gasteiger partial charge < -0.3 is 25.3 Å². The summed E-state index contributed by atoms with van der Waals surface area (Å²) in [5.41, 5.74) is 3.25. The Labute approximate surface area is 199 Å². The maximum Gasteiger partial charge on any atom is 0.407 e. The van der Waals surface area contributed by atoms with Crippen LogP contribution in [0, 0.1) is 20.8 Å². The largest absolute Gasteiger partial charge is 0.444 e. The summed E-state index contributed by atoms with van der Waals surface area (Å²) in [6, 6.07) is 5.25. The first kappa shape index (κ1) is 26.3. The second-order valence-corrected chi connectivity index (χ2v) is 9.51. The molecule has 1 heterocycles. The topological polar surface area (TPSA) is 104 Å². The van der Waals surface area contributed by atoms with Gasteiger partial charge in [-0.3, -0.25) is 9.59 Å². The fourth-order valence-electron chi connectivity index (χ4n) is 3.42. The standard InChI is InChI=1S/C24H33ClN4O4/c1-14-10-15(2)28-22(31)19(14)13-27-21(30)18-11-17(25)12-20(16(18)3)29(7)9-8-26-23(32)33-24(4,5)6/h10-12H,8-9,13H2,1-7H3,(H,26,32)(H,27,30)(H,28,31). The Morgan fingerprint density at radius 3 is 2.39 bits per heavy atom. The van der Waals surface area contributed by atoms with E-state index in [1.165, 1.54) is 0 Å². The van der Waals surface area contributed by atoms with Gasteiger partial charge in [0.25, 0.3) is 11.5 Å². The Bertz CT molecular complexity index is 1090. The first-order valence-electron chi connectivity index (χ1n) is 10.7. The van der Waals surface area contributed by atoms with Gasteiger partial charge in [-0.15, -0.1) is 0 Å². The number of ether oxygens (including phenoxy) is 1. The van der Waals surface area contributed by atoms with Crippen molar-refractivity contribution in [2.45, 2.75) is 53.7 Å². The summed E-state index contributed by atoms with van der Waals surface area (Å²) in [6.07, 6.45) is -0.486. The molecule has 0 saturated carbocycles. The van der Waals surface area contributed by atoms with Gasteiger partial charge >= 0.3 is 6.09 Å². The number of aryl methyl sites for hydroxylation is 2. The molecule has 0 aliphatic heterocycles. The Balaban J connectivity index is 2.09. The fourth-order valence-corrected chi connectivity index (χ4v) is 3.63. The van der Waals surface area contributed by atoms with Crippen molar-refractivity contribution >= 4 is 29.3 Å². The van der Waals surface area contributed by atoms with Crippen molar-refractivity contribution < 1.29 is 14.3 Å². The fraction of sp³-hybridized carbons (Fsp3) is 0.458.